The summed E-state index contributed by atoms with van der Waals surface area (Å²) in [6.45, 7) is 0. The first-order valence-corrected chi connectivity index (χ1v) is 7.01. The van der Waals surface area contributed by atoms with Crippen LogP contribution >= 0.6 is 24.0 Å². The largest absolute Gasteiger partial charge is 0.293 e. The van der Waals surface area contributed by atoms with E-state index < -0.39 is 0 Å². The number of nitrogens with zero attached hydrogens (tertiary/aromatic N) is 1. The fourth-order valence-corrected chi connectivity index (χ4v) is 3.31. The summed E-state index contributed by atoms with van der Waals surface area (Å²) in [5.41, 5.74) is 5.57. The minimum absolute atomic E-state index is 0.309. The Morgan fingerprint density at radius 1 is 1.11 bits per heavy atom. The van der Waals surface area contributed by atoms with Gasteiger partial charge in [-0.05, 0) is 18.2 Å². The average Bonchev–Trinajstić information content (AvgIpc) is 2.56. The van der Waals surface area contributed by atoms with Crippen LogP contribution in [0.3, 0.4) is 0 Å². The van der Waals surface area contributed by atoms with E-state index in [-0.39, 0.29) is 0 Å². The van der Waals surface area contributed by atoms with E-state index >= 15 is 0 Å². The lowest BCUT2D eigenvalue weighted by atomic mass is 10.3. The number of hydrogen-bond acceptors (Lipinski definition) is 3. The van der Waals surface area contributed by atoms with Gasteiger partial charge in [-0.3, -0.25) is 5.43 Å². The first kappa shape index (κ1) is 11.6. The quantitative estimate of drug-likeness (QED) is 0.825. The third kappa shape index (κ3) is 2.21. The third-order valence-electron chi connectivity index (χ3n) is 2.75. The Kier molecular flexibility index (Phi) is 3.21. The van der Waals surface area contributed by atoms with Gasteiger partial charge in [0.05, 0.1) is 16.6 Å². The number of rotatable bonds is 2. The molecular formula is C14H12N2S2. The van der Waals surface area contributed by atoms with Gasteiger partial charge in [0.2, 0.25) is 0 Å². The van der Waals surface area contributed by atoms with Gasteiger partial charge >= 0.3 is 0 Å². The van der Waals surface area contributed by atoms with Gasteiger partial charge in [-0.1, -0.05) is 66.5 Å². The lowest BCUT2D eigenvalue weighted by molar-refractivity contribution is 0.636. The molecule has 2 aliphatic rings. The molecule has 0 radical (unpaired) electrons. The molecule has 1 N–H and O–H groups in total. The highest BCUT2D eigenvalue weighted by Gasteiger charge is 2.31. The number of thiocarbonyl (C=S) groups is 1. The Labute approximate surface area is 116 Å². The molecule has 1 aliphatic heterocycles. The maximum atomic E-state index is 5.43. The molecule has 0 spiro atoms. The Morgan fingerprint density at radius 3 is 2.78 bits per heavy atom. The summed E-state index contributed by atoms with van der Waals surface area (Å²) >= 11 is 7.12. The molecule has 1 aliphatic carbocycles. The second kappa shape index (κ2) is 5.00. The fraction of sp³-hybridized carbons (Fsp3) is 0.0714. The van der Waals surface area contributed by atoms with Gasteiger partial charge in [0, 0.05) is 0 Å². The molecule has 18 heavy (non-hydrogen) atoms. The molecule has 0 bridgehead atoms. The highest BCUT2D eigenvalue weighted by Crippen LogP contribution is 2.36. The van der Waals surface area contributed by atoms with Gasteiger partial charge in [0.25, 0.3) is 0 Å². The van der Waals surface area contributed by atoms with Crippen LogP contribution in [0.15, 0.2) is 66.4 Å². The Bertz CT molecular complexity index is 546. The number of fused-ring (bicyclic) bond motifs is 1. The average molecular weight is 272 g/mol. The molecule has 1 heterocycles. The molecule has 1 saturated heterocycles. The molecule has 1 fully saturated rings. The summed E-state index contributed by atoms with van der Waals surface area (Å²) in [7, 11) is 0. The normalized spacial score (nSPS) is 21.6. The molecule has 3 rings (SSSR count). The van der Waals surface area contributed by atoms with Crippen LogP contribution in [0.4, 0.5) is 5.69 Å². The number of nitrogens with one attached hydrogen (secondary N) is 1. The maximum Gasteiger partial charge on any atom is 0.160 e. The van der Waals surface area contributed by atoms with Crippen LogP contribution < -0.4 is 5.43 Å². The van der Waals surface area contributed by atoms with E-state index in [1.165, 1.54) is 5.70 Å². The van der Waals surface area contributed by atoms with Crippen molar-refractivity contribution in [2.24, 2.45) is 0 Å². The number of anilines is 1. The number of benzene rings is 1. The summed E-state index contributed by atoms with van der Waals surface area (Å²) < 4.78 is 0.857. The molecule has 90 valence electrons. The van der Waals surface area contributed by atoms with Crippen LogP contribution in [0.25, 0.3) is 0 Å². The SMILES string of the molecule is S=C1SC2C=CC=CC=C2N1Nc1ccccc1. The molecule has 1 atom stereocenters. The minimum Gasteiger partial charge on any atom is -0.293 e. The van der Waals surface area contributed by atoms with Crippen molar-refractivity contribution < 1.29 is 0 Å². The number of allylic oxidation sites excluding steroid dienone is 4. The van der Waals surface area contributed by atoms with Crippen LogP contribution in [0.2, 0.25) is 0 Å². The number of hydrogen-bond donors (Lipinski definition) is 1. The van der Waals surface area contributed by atoms with Crippen LogP contribution in [0.5, 0.6) is 0 Å². The van der Waals surface area contributed by atoms with Crippen molar-refractivity contribution >= 4 is 34.0 Å². The van der Waals surface area contributed by atoms with E-state index in [1.807, 2.05) is 47.5 Å². The van der Waals surface area contributed by atoms with Gasteiger partial charge in [-0.25, -0.2) is 5.01 Å². The van der Waals surface area contributed by atoms with Crippen molar-refractivity contribution in [1.29, 1.82) is 0 Å². The fourth-order valence-electron chi connectivity index (χ4n) is 1.90. The molecule has 2 nitrogen and oxygen atoms in total. The van der Waals surface area contributed by atoms with E-state index in [0.29, 0.717) is 5.25 Å². The Balaban J connectivity index is 1.87. The monoisotopic (exact) mass is 272 g/mol. The van der Waals surface area contributed by atoms with Crippen molar-refractivity contribution in [2.45, 2.75) is 5.25 Å². The molecule has 1 aromatic carbocycles. The molecule has 1 unspecified atom stereocenters. The second-order valence-electron chi connectivity index (χ2n) is 3.98. The molecule has 1 aromatic rings. The predicted molar refractivity (Wildman–Crippen MR) is 82.2 cm³/mol. The smallest absolute Gasteiger partial charge is 0.160 e. The zero-order valence-corrected chi connectivity index (χ0v) is 11.2. The van der Waals surface area contributed by atoms with Crippen LogP contribution in [-0.4, -0.2) is 14.6 Å². The first-order valence-electron chi connectivity index (χ1n) is 5.72. The molecule has 0 amide bonds. The zero-order valence-electron chi connectivity index (χ0n) is 9.61. The van der Waals surface area contributed by atoms with Gasteiger partial charge in [-0.2, -0.15) is 0 Å². The molecule has 0 aromatic heterocycles. The standard InChI is InChI=1S/C14H12N2S2/c17-14-16(15-11-7-3-1-4-8-11)12-9-5-2-6-10-13(12)18-14/h1-10,13,15H. The van der Waals surface area contributed by atoms with Crippen molar-refractivity contribution in [2.75, 3.05) is 5.43 Å². The topological polar surface area (TPSA) is 15.3 Å². The van der Waals surface area contributed by atoms with Crippen LogP contribution in [-0.2, 0) is 0 Å². The summed E-state index contributed by atoms with van der Waals surface area (Å²) in [5.74, 6) is 0. The third-order valence-corrected chi connectivity index (χ3v) is 4.26. The van der Waals surface area contributed by atoms with Gasteiger partial charge in [0.15, 0.2) is 4.32 Å². The van der Waals surface area contributed by atoms with E-state index in [2.05, 4.69) is 23.7 Å². The van der Waals surface area contributed by atoms with E-state index in [9.17, 15) is 0 Å². The second-order valence-corrected chi connectivity index (χ2v) is 5.75. The highest BCUT2D eigenvalue weighted by atomic mass is 32.2. The lowest BCUT2D eigenvalue weighted by Crippen LogP contribution is -2.28. The van der Waals surface area contributed by atoms with E-state index in [4.69, 9.17) is 12.2 Å². The minimum atomic E-state index is 0.309. The van der Waals surface area contributed by atoms with Gasteiger partial charge < -0.3 is 0 Å². The Morgan fingerprint density at radius 2 is 1.94 bits per heavy atom. The predicted octanol–water partition coefficient (Wildman–Crippen LogP) is 3.73. The number of hydrazine groups is 1. The summed E-state index contributed by atoms with van der Waals surface area (Å²) in [5, 5.41) is 2.30. The molecule has 4 heteroatoms. The van der Waals surface area contributed by atoms with Crippen molar-refractivity contribution in [3.63, 3.8) is 0 Å². The van der Waals surface area contributed by atoms with Crippen LogP contribution in [0.1, 0.15) is 0 Å². The maximum absolute atomic E-state index is 5.43. The van der Waals surface area contributed by atoms with Crippen molar-refractivity contribution in [3.8, 4) is 0 Å². The highest BCUT2D eigenvalue weighted by molar-refractivity contribution is 8.23. The summed E-state index contributed by atoms with van der Waals surface area (Å²) in [4.78, 5) is 0. The number of thioether (sulfide) groups is 1. The Hall–Kier alpha value is -1.52. The summed E-state index contributed by atoms with van der Waals surface area (Å²) in [6, 6.07) is 10.1. The zero-order chi connectivity index (χ0) is 12.4. The molecular weight excluding hydrogens is 260 g/mol. The van der Waals surface area contributed by atoms with E-state index in [0.717, 1.165) is 10.0 Å². The number of para-hydroxylation sites is 1. The van der Waals surface area contributed by atoms with Gasteiger partial charge in [-0.15, -0.1) is 0 Å². The van der Waals surface area contributed by atoms with Crippen molar-refractivity contribution in [1.82, 2.24) is 5.01 Å². The molecule has 0 saturated carbocycles. The summed E-state index contributed by atoms with van der Waals surface area (Å²) in [6.07, 6.45) is 10.4. The lowest BCUT2D eigenvalue weighted by Gasteiger charge is -2.21. The van der Waals surface area contributed by atoms with E-state index in [1.54, 1.807) is 11.8 Å². The van der Waals surface area contributed by atoms with Gasteiger partial charge in [0.1, 0.15) is 0 Å². The first-order chi connectivity index (χ1) is 8.84. The van der Waals surface area contributed by atoms with Crippen molar-refractivity contribution in [3.05, 3.63) is 66.4 Å². The van der Waals surface area contributed by atoms with Crippen LogP contribution in [0, 0.1) is 0 Å².